The van der Waals surface area contributed by atoms with Gasteiger partial charge < -0.3 is 11.1 Å². The van der Waals surface area contributed by atoms with Crippen LogP contribution in [-0.4, -0.2) is 42.3 Å². The summed E-state index contributed by atoms with van der Waals surface area (Å²) in [6, 6.07) is 7.20. The highest BCUT2D eigenvalue weighted by Crippen LogP contribution is 2.15. The van der Waals surface area contributed by atoms with E-state index in [1.165, 1.54) is 6.92 Å². The Morgan fingerprint density at radius 1 is 1.40 bits per heavy atom. The molecule has 0 spiro atoms. The van der Waals surface area contributed by atoms with E-state index < -0.39 is 0 Å². The summed E-state index contributed by atoms with van der Waals surface area (Å²) in [4.78, 5) is 25.4. The number of amides is 1. The predicted octanol–water partition coefficient (Wildman–Crippen LogP) is 1.28. The number of nitrogens with one attached hydrogen (secondary N) is 1. The number of hydrogen-bond donors (Lipinski definition) is 2. The second-order valence-corrected chi connectivity index (χ2v) is 4.93. The minimum Gasteiger partial charge on any atom is -0.326 e. The number of likely N-dealkylation sites (tertiary alicyclic amines) is 1. The van der Waals surface area contributed by atoms with Gasteiger partial charge in [0.25, 0.3) is 0 Å². The highest BCUT2D eigenvalue weighted by atomic mass is 35.5. The standard InChI is InChI=1S/C14H19N3O2.ClH/c1-10(18)12-4-2-3-5-13(12)16-14(19)9-17-7-6-11(15)8-17;/h2-5,11H,6-9,15H2,1H3,(H,16,19);1H/t11-;/m0./s1. The number of Topliss-reactive ketones (excluding diaryl/α,β-unsaturated/α-hetero) is 1. The van der Waals surface area contributed by atoms with Gasteiger partial charge in [-0.3, -0.25) is 14.5 Å². The number of ketones is 1. The summed E-state index contributed by atoms with van der Waals surface area (Å²) >= 11 is 0. The molecule has 0 unspecified atom stereocenters. The van der Waals surface area contributed by atoms with Gasteiger partial charge in [0, 0.05) is 24.7 Å². The maximum atomic E-state index is 11.9. The van der Waals surface area contributed by atoms with Crippen LogP contribution in [0.1, 0.15) is 23.7 Å². The lowest BCUT2D eigenvalue weighted by Crippen LogP contribution is -2.33. The first-order chi connectivity index (χ1) is 9.06. The van der Waals surface area contributed by atoms with E-state index in [4.69, 9.17) is 5.73 Å². The third-order valence-corrected chi connectivity index (χ3v) is 3.26. The fourth-order valence-electron chi connectivity index (χ4n) is 2.30. The molecule has 1 aromatic rings. The Morgan fingerprint density at radius 2 is 2.10 bits per heavy atom. The largest absolute Gasteiger partial charge is 0.326 e. The normalized spacial score (nSPS) is 18.4. The molecule has 0 bridgehead atoms. The molecule has 1 aliphatic rings. The molecule has 1 amide bonds. The van der Waals surface area contributed by atoms with E-state index >= 15 is 0 Å². The molecule has 1 fully saturated rings. The molecule has 1 atom stereocenters. The van der Waals surface area contributed by atoms with E-state index in [9.17, 15) is 9.59 Å². The zero-order valence-corrected chi connectivity index (χ0v) is 12.3. The average molecular weight is 298 g/mol. The molecule has 110 valence electrons. The van der Waals surface area contributed by atoms with Gasteiger partial charge in [-0.1, -0.05) is 12.1 Å². The average Bonchev–Trinajstić information content (AvgIpc) is 2.75. The first kappa shape index (κ1) is 16.6. The summed E-state index contributed by atoms with van der Waals surface area (Å²) in [6.07, 6.45) is 0.928. The summed E-state index contributed by atoms with van der Waals surface area (Å²) in [7, 11) is 0. The summed E-state index contributed by atoms with van der Waals surface area (Å²) < 4.78 is 0. The Bertz CT molecular complexity index is 493. The van der Waals surface area contributed by atoms with Crippen molar-refractivity contribution in [2.24, 2.45) is 5.73 Å². The van der Waals surface area contributed by atoms with Crippen LogP contribution in [0.25, 0.3) is 0 Å². The van der Waals surface area contributed by atoms with E-state index in [-0.39, 0.29) is 30.1 Å². The number of hydrogen-bond acceptors (Lipinski definition) is 4. The fraction of sp³-hybridized carbons (Fsp3) is 0.429. The fourth-order valence-corrected chi connectivity index (χ4v) is 2.30. The lowest BCUT2D eigenvalue weighted by molar-refractivity contribution is -0.117. The van der Waals surface area contributed by atoms with Gasteiger partial charge in [0.1, 0.15) is 0 Å². The van der Waals surface area contributed by atoms with Gasteiger partial charge in [-0.2, -0.15) is 0 Å². The van der Waals surface area contributed by atoms with Gasteiger partial charge in [-0.05, 0) is 25.5 Å². The number of nitrogens with zero attached hydrogens (tertiary/aromatic N) is 1. The Balaban J connectivity index is 0.00000200. The SMILES string of the molecule is CC(=O)c1ccccc1NC(=O)CN1CC[C@H](N)C1.Cl. The van der Waals surface area contributed by atoms with Crippen molar-refractivity contribution in [3.05, 3.63) is 29.8 Å². The van der Waals surface area contributed by atoms with Crippen molar-refractivity contribution in [3.8, 4) is 0 Å². The first-order valence-corrected chi connectivity index (χ1v) is 6.44. The predicted molar refractivity (Wildman–Crippen MR) is 81.4 cm³/mol. The van der Waals surface area contributed by atoms with Crippen molar-refractivity contribution in [2.75, 3.05) is 25.0 Å². The molecule has 3 N–H and O–H groups in total. The minimum atomic E-state index is -0.109. The van der Waals surface area contributed by atoms with Crippen LogP contribution < -0.4 is 11.1 Å². The van der Waals surface area contributed by atoms with Crippen molar-refractivity contribution in [3.63, 3.8) is 0 Å². The zero-order chi connectivity index (χ0) is 13.8. The summed E-state index contributed by atoms with van der Waals surface area (Å²) in [5.74, 6) is -0.165. The lowest BCUT2D eigenvalue weighted by atomic mass is 10.1. The minimum absolute atomic E-state index is 0. The van der Waals surface area contributed by atoms with Crippen molar-refractivity contribution in [1.29, 1.82) is 0 Å². The Morgan fingerprint density at radius 3 is 2.70 bits per heavy atom. The monoisotopic (exact) mass is 297 g/mol. The van der Waals surface area contributed by atoms with Gasteiger partial charge in [-0.25, -0.2) is 0 Å². The van der Waals surface area contributed by atoms with Crippen molar-refractivity contribution in [1.82, 2.24) is 4.90 Å². The van der Waals surface area contributed by atoms with E-state index in [1.807, 2.05) is 4.90 Å². The quantitative estimate of drug-likeness (QED) is 0.821. The number of nitrogens with two attached hydrogens (primary N) is 1. The lowest BCUT2D eigenvalue weighted by Gasteiger charge is -2.15. The molecule has 2 rings (SSSR count). The molecular formula is C14H20ClN3O2. The van der Waals surface area contributed by atoms with Crippen LogP contribution in [0.3, 0.4) is 0 Å². The van der Waals surface area contributed by atoms with E-state index in [2.05, 4.69) is 5.32 Å². The number of carbonyl (C=O) groups excluding carboxylic acids is 2. The topological polar surface area (TPSA) is 75.4 Å². The number of benzene rings is 1. The van der Waals surface area contributed by atoms with E-state index in [0.717, 1.165) is 19.5 Å². The second-order valence-electron chi connectivity index (χ2n) is 4.93. The van der Waals surface area contributed by atoms with Crippen molar-refractivity contribution >= 4 is 29.8 Å². The highest BCUT2D eigenvalue weighted by molar-refractivity contribution is 6.04. The van der Waals surface area contributed by atoms with E-state index in [1.54, 1.807) is 24.3 Å². The molecule has 1 aromatic carbocycles. The van der Waals surface area contributed by atoms with Crippen molar-refractivity contribution in [2.45, 2.75) is 19.4 Å². The van der Waals surface area contributed by atoms with Crippen molar-refractivity contribution < 1.29 is 9.59 Å². The summed E-state index contributed by atoms with van der Waals surface area (Å²) in [6.45, 7) is 3.41. The third kappa shape index (κ3) is 4.30. The molecule has 0 aromatic heterocycles. The van der Waals surface area contributed by atoms with Gasteiger partial charge >= 0.3 is 0 Å². The first-order valence-electron chi connectivity index (χ1n) is 6.44. The van der Waals surface area contributed by atoms with Crippen LogP contribution in [0.15, 0.2) is 24.3 Å². The smallest absolute Gasteiger partial charge is 0.238 e. The number of halogens is 1. The molecule has 20 heavy (non-hydrogen) atoms. The Labute approximate surface area is 124 Å². The molecule has 0 aliphatic carbocycles. The summed E-state index contributed by atoms with van der Waals surface area (Å²) in [5, 5.41) is 2.79. The van der Waals surface area contributed by atoms with Crippen LogP contribution in [0, 0.1) is 0 Å². The Kier molecular flexibility index (Phi) is 6.13. The van der Waals surface area contributed by atoms with Crippen LogP contribution in [0.4, 0.5) is 5.69 Å². The second kappa shape index (κ2) is 7.38. The molecular weight excluding hydrogens is 278 g/mol. The van der Waals surface area contributed by atoms with E-state index in [0.29, 0.717) is 17.8 Å². The molecule has 1 heterocycles. The number of anilines is 1. The van der Waals surface area contributed by atoms with Gasteiger partial charge in [0.15, 0.2) is 5.78 Å². The molecule has 0 radical (unpaired) electrons. The van der Waals surface area contributed by atoms with Crippen LogP contribution in [0.5, 0.6) is 0 Å². The van der Waals surface area contributed by atoms with Crippen LogP contribution in [-0.2, 0) is 4.79 Å². The summed E-state index contributed by atoms with van der Waals surface area (Å²) in [5.41, 5.74) is 6.91. The zero-order valence-electron chi connectivity index (χ0n) is 11.5. The molecule has 5 nitrogen and oxygen atoms in total. The molecule has 0 saturated carbocycles. The maximum Gasteiger partial charge on any atom is 0.238 e. The number of rotatable bonds is 4. The van der Waals surface area contributed by atoms with Crippen LogP contribution >= 0.6 is 12.4 Å². The van der Waals surface area contributed by atoms with Gasteiger partial charge in [0.2, 0.25) is 5.91 Å². The maximum absolute atomic E-state index is 11.9. The number of para-hydroxylation sites is 1. The Hall–Kier alpha value is -1.43. The molecule has 6 heteroatoms. The number of carbonyl (C=O) groups is 2. The third-order valence-electron chi connectivity index (χ3n) is 3.26. The molecule has 1 aliphatic heterocycles. The van der Waals surface area contributed by atoms with Crippen LogP contribution in [0.2, 0.25) is 0 Å². The molecule has 1 saturated heterocycles. The van der Waals surface area contributed by atoms with Gasteiger partial charge in [0.05, 0.1) is 12.2 Å². The highest BCUT2D eigenvalue weighted by Gasteiger charge is 2.21. The van der Waals surface area contributed by atoms with Gasteiger partial charge in [-0.15, -0.1) is 12.4 Å².